The molecule has 36 heavy (non-hydrogen) atoms. The third kappa shape index (κ3) is 5.04. The van der Waals surface area contributed by atoms with Crippen molar-refractivity contribution in [2.24, 2.45) is 7.05 Å². The fraction of sp³-hybridized carbons (Fsp3) is 0.208. The molecule has 1 aliphatic heterocycles. The van der Waals surface area contributed by atoms with Crippen molar-refractivity contribution in [3.63, 3.8) is 0 Å². The zero-order chi connectivity index (χ0) is 25.2. The van der Waals surface area contributed by atoms with Crippen LogP contribution in [0.1, 0.15) is 12.8 Å². The molecule has 0 bridgehead atoms. The highest BCUT2D eigenvalue weighted by molar-refractivity contribution is 7.80. The topological polar surface area (TPSA) is 101 Å². The molecule has 9 nitrogen and oxygen atoms in total. The highest BCUT2D eigenvalue weighted by Gasteiger charge is 2.22. The quantitative estimate of drug-likeness (QED) is 0.367. The Kier molecular flexibility index (Phi) is 6.61. The number of rotatable bonds is 6. The van der Waals surface area contributed by atoms with Crippen LogP contribution in [0.3, 0.4) is 0 Å². The van der Waals surface area contributed by atoms with E-state index in [-0.39, 0.29) is 23.3 Å². The monoisotopic (exact) mass is 524 g/mol. The number of nitrogens with one attached hydrogen (secondary N) is 2. The first-order valence-corrected chi connectivity index (χ1v) is 12.3. The molecule has 1 saturated heterocycles. The van der Waals surface area contributed by atoms with Crippen molar-refractivity contribution in [2.45, 2.75) is 12.8 Å². The van der Waals surface area contributed by atoms with Crippen LogP contribution >= 0.6 is 23.6 Å². The molecular formula is C24H21FN6O3S2. The van der Waals surface area contributed by atoms with Gasteiger partial charge >= 0.3 is 0 Å². The van der Waals surface area contributed by atoms with Gasteiger partial charge in [-0.15, -0.1) is 11.3 Å². The lowest BCUT2D eigenvalue weighted by Gasteiger charge is -2.16. The van der Waals surface area contributed by atoms with Gasteiger partial charge in [-0.05, 0) is 36.8 Å². The summed E-state index contributed by atoms with van der Waals surface area (Å²) in [5, 5.41) is 5.30. The van der Waals surface area contributed by atoms with Crippen LogP contribution in [0.5, 0.6) is 11.5 Å². The summed E-state index contributed by atoms with van der Waals surface area (Å²) in [7, 11) is 1.91. The van der Waals surface area contributed by atoms with E-state index in [1.807, 2.05) is 23.9 Å². The molecule has 0 spiro atoms. The molecule has 0 atom stereocenters. The van der Waals surface area contributed by atoms with Gasteiger partial charge in [0.1, 0.15) is 11.6 Å². The first-order chi connectivity index (χ1) is 17.4. The van der Waals surface area contributed by atoms with E-state index < -0.39 is 11.7 Å². The number of carbonyl (C=O) groups excluding carboxylic acids is 2. The number of halogens is 1. The SMILES string of the molecule is Cn1ccnc1-c1cc2nccc(Oc3ccc(NC(=S)NC(=O)CN4CCCC4=O)cc3F)c2s1. The number of hydrogen-bond acceptors (Lipinski definition) is 7. The molecule has 1 aromatic carbocycles. The molecule has 1 aliphatic rings. The van der Waals surface area contributed by atoms with Crippen molar-refractivity contribution in [1.82, 2.24) is 24.8 Å². The number of aromatic nitrogens is 3. The summed E-state index contributed by atoms with van der Waals surface area (Å²) in [6, 6.07) is 7.90. The fourth-order valence-corrected chi connectivity index (χ4v) is 5.20. The number of amides is 2. The summed E-state index contributed by atoms with van der Waals surface area (Å²) in [6.07, 6.45) is 6.39. The number of pyridine rings is 1. The second-order valence-electron chi connectivity index (χ2n) is 8.16. The number of imidazole rings is 1. The number of nitrogens with zero attached hydrogens (tertiary/aromatic N) is 4. The van der Waals surface area contributed by atoms with Crippen LogP contribution in [0.2, 0.25) is 0 Å². The van der Waals surface area contributed by atoms with Gasteiger partial charge in [-0.1, -0.05) is 0 Å². The average Bonchev–Trinajstić information content (AvgIpc) is 3.55. The largest absolute Gasteiger partial charge is 0.453 e. The maximum atomic E-state index is 14.9. The van der Waals surface area contributed by atoms with Gasteiger partial charge in [-0.2, -0.15) is 0 Å². The first kappa shape index (κ1) is 23.8. The highest BCUT2D eigenvalue weighted by atomic mass is 32.1. The summed E-state index contributed by atoms with van der Waals surface area (Å²) >= 11 is 6.61. The van der Waals surface area contributed by atoms with Crippen LogP contribution in [-0.2, 0) is 16.6 Å². The molecule has 5 rings (SSSR count). The Labute approximate surface area is 214 Å². The minimum atomic E-state index is -0.609. The molecule has 3 aromatic heterocycles. The van der Waals surface area contributed by atoms with Gasteiger partial charge in [-0.3, -0.25) is 14.6 Å². The average molecular weight is 525 g/mol. The lowest BCUT2D eigenvalue weighted by atomic mass is 10.3. The number of hydrogen-bond donors (Lipinski definition) is 2. The van der Waals surface area contributed by atoms with E-state index in [4.69, 9.17) is 17.0 Å². The van der Waals surface area contributed by atoms with E-state index in [0.717, 1.165) is 27.3 Å². The Morgan fingerprint density at radius 3 is 2.81 bits per heavy atom. The minimum Gasteiger partial charge on any atom is -0.453 e. The number of thiocarbonyl (C=S) groups is 1. The maximum Gasteiger partial charge on any atom is 0.245 e. The van der Waals surface area contributed by atoms with E-state index in [9.17, 15) is 14.0 Å². The maximum absolute atomic E-state index is 14.9. The first-order valence-electron chi connectivity index (χ1n) is 11.1. The molecule has 4 aromatic rings. The van der Waals surface area contributed by atoms with Crippen molar-refractivity contribution in [3.8, 4) is 22.2 Å². The Bertz CT molecular complexity index is 1480. The summed E-state index contributed by atoms with van der Waals surface area (Å²) in [6.45, 7) is 0.492. The van der Waals surface area contributed by atoms with Crippen LogP contribution in [0.4, 0.5) is 10.1 Å². The van der Waals surface area contributed by atoms with Crippen LogP contribution in [0.15, 0.2) is 48.9 Å². The second-order valence-corrected chi connectivity index (χ2v) is 9.62. The number of fused-ring (bicyclic) bond motifs is 1. The molecule has 2 amide bonds. The molecule has 184 valence electrons. The van der Waals surface area contributed by atoms with Gasteiger partial charge in [-0.25, -0.2) is 9.37 Å². The number of likely N-dealkylation sites (tertiary alicyclic amines) is 1. The van der Waals surface area contributed by atoms with Gasteiger partial charge in [0, 0.05) is 56.4 Å². The zero-order valence-corrected chi connectivity index (χ0v) is 20.8. The van der Waals surface area contributed by atoms with Crippen molar-refractivity contribution < 1.29 is 18.7 Å². The molecule has 0 saturated carbocycles. The molecule has 0 unspecified atom stereocenters. The Balaban J connectivity index is 1.26. The van der Waals surface area contributed by atoms with Crippen LogP contribution in [0.25, 0.3) is 20.9 Å². The van der Waals surface area contributed by atoms with Gasteiger partial charge in [0.05, 0.1) is 21.6 Å². The van der Waals surface area contributed by atoms with Crippen LogP contribution < -0.4 is 15.4 Å². The number of carbonyl (C=O) groups is 2. The van der Waals surface area contributed by atoms with Crippen LogP contribution in [0, 0.1) is 5.82 Å². The fourth-order valence-electron chi connectivity index (χ4n) is 3.86. The van der Waals surface area contributed by atoms with Crippen molar-refractivity contribution in [3.05, 3.63) is 54.7 Å². The predicted octanol–water partition coefficient (Wildman–Crippen LogP) is 4.06. The van der Waals surface area contributed by atoms with Gasteiger partial charge in [0.2, 0.25) is 11.8 Å². The third-order valence-corrected chi connectivity index (χ3v) is 6.92. The normalized spacial score (nSPS) is 13.3. The molecule has 1 fully saturated rings. The smallest absolute Gasteiger partial charge is 0.245 e. The molecule has 2 N–H and O–H groups in total. The highest BCUT2D eigenvalue weighted by Crippen LogP contribution is 2.39. The van der Waals surface area contributed by atoms with Gasteiger partial charge < -0.3 is 24.8 Å². The number of aryl methyl sites for hydroxylation is 1. The standard InChI is InChI=1S/C24H21FN6O3S2/c1-30-10-8-27-23(30)19-12-16-22(36-19)18(6-7-26-16)34-17-5-4-14(11-15(17)25)28-24(35)29-20(32)13-31-9-2-3-21(31)33/h4-8,10-12H,2-3,9,13H2,1H3,(H2,28,29,32,35). The molecule has 4 heterocycles. The van der Waals surface area contributed by atoms with Crippen molar-refractivity contribution in [1.29, 1.82) is 0 Å². The minimum absolute atomic E-state index is 0.0101. The Hall–Kier alpha value is -3.90. The molecular weight excluding hydrogens is 503 g/mol. The molecule has 0 radical (unpaired) electrons. The predicted molar refractivity (Wildman–Crippen MR) is 138 cm³/mol. The molecule has 0 aliphatic carbocycles. The number of benzene rings is 1. The summed E-state index contributed by atoms with van der Waals surface area (Å²) in [5.41, 5.74) is 1.07. The number of thiophene rings is 1. The van der Waals surface area contributed by atoms with Crippen molar-refractivity contribution in [2.75, 3.05) is 18.4 Å². The third-order valence-electron chi connectivity index (χ3n) is 5.59. The summed E-state index contributed by atoms with van der Waals surface area (Å²) in [4.78, 5) is 35.0. The van der Waals surface area contributed by atoms with E-state index in [1.165, 1.54) is 28.4 Å². The number of anilines is 1. The van der Waals surface area contributed by atoms with Gasteiger partial charge in [0.25, 0.3) is 0 Å². The lowest BCUT2D eigenvalue weighted by molar-refractivity contribution is -0.132. The number of ether oxygens (including phenoxy) is 1. The Morgan fingerprint density at radius 1 is 1.22 bits per heavy atom. The van der Waals surface area contributed by atoms with Gasteiger partial charge in [0.15, 0.2) is 16.7 Å². The second kappa shape index (κ2) is 9.99. The summed E-state index contributed by atoms with van der Waals surface area (Å²) in [5.74, 6) is 0.240. The van der Waals surface area contributed by atoms with Crippen molar-refractivity contribution >= 4 is 56.4 Å². The Morgan fingerprint density at radius 2 is 2.08 bits per heavy atom. The zero-order valence-electron chi connectivity index (χ0n) is 19.2. The van der Waals surface area contributed by atoms with E-state index in [0.29, 0.717) is 24.4 Å². The van der Waals surface area contributed by atoms with E-state index in [2.05, 4.69) is 20.6 Å². The molecule has 12 heteroatoms. The lowest BCUT2D eigenvalue weighted by Crippen LogP contribution is -2.42. The summed E-state index contributed by atoms with van der Waals surface area (Å²) < 4.78 is 23.5. The van der Waals surface area contributed by atoms with E-state index >= 15 is 0 Å². The van der Waals surface area contributed by atoms with Crippen LogP contribution in [-0.4, -0.2) is 49.5 Å². The van der Waals surface area contributed by atoms with E-state index in [1.54, 1.807) is 24.5 Å².